The van der Waals surface area contributed by atoms with Crippen molar-refractivity contribution in [1.82, 2.24) is 16.0 Å². The first-order valence-electron chi connectivity index (χ1n) is 16.7. The third-order valence-electron chi connectivity index (χ3n) is 7.27. The SMILES string of the molecule is CCCCC/C=C\[C@@H]1C[C@@H]1C(=O)NCC(=O)NCc1ccccc1.CCCC[C@@H](C=O)CCCC(=O)CNC(=O)OC(C)(C)C. The molecule has 0 heterocycles. The van der Waals surface area contributed by atoms with Gasteiger partial charge in [0.25, 0.3) is 0 Å². The van der Waals surface area contributed by atoms with Gasteiger partial charge >= 0.3 is 6.09 Å². The van der Waals surface area contributed by atoms with Crippen LogP contribution in [0.25, 0.3) is 0 Å². The highest BCUT2D eigenvalue weighted by Gasteiger charge is 2.40. The van der Waals surface area contributed by atoms with E-state index in [1.165, 1.54) is 19.3 Å². The standard InChI is InChI=1S/C20H28N2O2.C16H29NO4/c1-2-3-4-5-9-12-17-13-18(17)20(24)22-15-19(23)21-14-16-10-7-6-8-11-16;1-5-6-8-13(12-18)9-7-10-14(19)11-17-15(20)21-16(2,3)4/h6-12,17-18H,2-5,13-15H2,1H3,(H,21,23)(H,22,24);12-13H,5-11H2,1-4H3,(H,17,20)/b12-9-;/t17-,18+;13-/m11/s1. The van der Waals surface area contributed by atoms with E-state index in [1.54, 1.807) is 20.8 Å². The van der Waals surface area contributed by atoms with Crippen LogP contribution < -0.4 is 16.0 Å². The monoisotopic (exact) mass is 627 g/mol. The molecule has 1 saturated carbocycles. The summed E-state index contributed by atoms with van der Waals surface area (Å²) in [5.74, 6) is 0.262. The number of Topliss-reactive ketones (excluding diaryl/α,β-unsaturated/α-hetero) is 1. The van der Waals surface area contributed by atoms with Gasteiger partial charge in [0.1, 0.15) is 11.9 Å². The molecular formula is C36H57N3O6. The topological polar surface area (TPSA) is 131 Å². The molecular weight excluding hydrogens is 570 g/mol. The van der Waals surface area contributed by atoms with E-state index in [0.29, 0.717) is 25.3 Å². The van der Waals surface area contributed by atoms with E-state index in [9.17, 15) is 24.0 Å². The van der Waals surface area contributed by atoms with Gasteiger partial charge in [0, 0.05) is 24.8 Å². The number of hydrogen-bond acceptors (Lipinski definition) is 6. The lowest BCUT2D eigenvalue weighted by Gasteiger charge is -2.19. The van der Waals surface area contributed by atoms with Crippen molar-refractivity contribution < 1.29 is 28.7 Å². The molecule has 0 radical (unpaired) electrons. The molecule has 252 valence electrons. The number of benzene rings is 1. The Labute approximate surface area is 270 Å². The number of carbonyl (C=O) groups is 5. The number of amides is 3. The van der Waals surface area contributed by atoms with Crippen molar-refractivity contribution in [2.75, 3.05) is 13.1 Å². The van der Waals surface area contributed by atoms with Crippen molar-refractivity contribution in [2.45, 2.75) is 117 Å². The Kier molecular flexibility index (Phi) is 20.1. The fourth-order valence-electron chi connectivity index (χ4n) is 4.55. The molecule has 0 bridgehead atoms. The summed E-state index contributed by atoms with van der Waals surface area (Å²) in [7, 11) is 0. The summed E-state index contributed by atoms with van der Waals surface area (Å²) in [5.41, 5.74) is 0.483. The second kappa shape index (κ2) is 22.9. The Bertz CT molecular complexity index is 1050. The number of carbonyl (C=O) groups excluding carboxylic acids is 5. The van der Waals surface area contributed by atoms with E-state index >= 15 is 0 Å². The molecule has 3 amide bonds. The van der Waals surface area contributed by atoms with Crippen molar-refractivity contribution in [3.63, 3.8) is 0 Å². The zero-order valence-electron chi connectivity index (χ0n) is 28.2. The lowest BCUT2D eigenvalue weighted by molar-refractivity contribution is -0.127. The number of unbranched alkanes of at least 4 members (excludes halogenated alkanes) is 4. The molecule has 3 N–H and O–H groups in total. The van der Waals surface area contributed by atoms with Crippen molar-refractivity contribution >= 4 is 30.0 Å². The molecule has 0 aliphatic heterocycles. The van der Waals surface area contributed by atoms with Crippen LogP contribution in [0.4, 0.5) is 4.79 Å². The number of ketones is 1. The third kappa shape index (κ3) is 21.0. The normalized spacial score (nSPS) is 16.1. The van der Waals surface area contributed by atoms with Gasteiger partial charge < -0.3 is 25.5 Å². The zero-order chi connectivity index (χ0) is 33.5. The maximum absolute atomic E-state index is 12.0. The van der Waals surface area contributed by atoms with Crippen LogP contribution in [0.3, 0.4) is 0 Å². The van der Waals surface area contributed by atoms with Crippen molar-refractivity contribution in [3.05, 3.63) is 48.0 Å². The first-order chi connectivity index (χ1) is 21.5. The molecule has 0 spiro atoms. The Morgan fingerprint density at radius 1 is 0.911 bits per heavy atom. The van der Waals surface area contributed by atoms with Gasteiger partial charge in [-0.1, -0.05) is 82.0 Å². The maximum atomic E-state index is 12.0. The highest BCUT2D eigenvalue weighted by atomic mass is 16.6. The average Bonchev–Trinajstić information content (AvgIpc) is 3.79. The second-order valence-electron chi connectivity index (χ2n) is 12.7. The highest BCUT2D eigenvalue weighted by Crippen LogP contribution is 2.39. The van der Waals surface area contributed by atoms with E-state index in [-0.39, 0.29) is 42.5 Å². The number of hydrogen-bond donors (Lipinski definition) is 3. The van der Waals surface area contributed by atoms with Crippen molar-refractivity contribution in [2.24, 2.45) is 17.8 Å². The minimum Gasteiger partial charge on any atom is -0.444 e. The Balaban J connectivity index is 0.000000455. The van der Waals surface area contributed by atoms with Crippen LogP contribution in [-0.4, -0.2) is 48.7 Å². The molecule has 1 aliphatic rings. The molecule has 1 aromatic rings. The fraction of sp³-hybridized carbons (Fsp3) is 0.639. The molecule has 1 aliphatic carbocycles. The average molecular weight is 628 g/mol. The number of ether oxygens (including phenoxy) is 1. The number of rotatable bonds is 20. The minimum atomic E-state index is -0.579. The van der Waals surface area contributed by atoms with Gasteiger partial charge in [0.2, 0.25) is 11.8 Å². The quantitative estimate of drug-likeness (QED) is 0.0866. The first kappa shape index (κ1) is 39.5. The smallest absolute Gasteiger partial charge is 0.408 e. The summed E-state index contributed by atoms with van der Waals surface area (Å²) < 4.78 is 5.04. The van der Waals surface area contributed by atoms with Crippen LogP contribution in [-0.2, 0) is 30.5 Å². The fourth-order valence-corrected chi connectivity index (χ4v) is 4.55. The van der Waals surface area contributed by atoms with Gasteiger partial charge in [-0.05, 0) is 70.8 Å². The second-order valence-corrected chi connectivity index (χ2v) is 12.7. The first-order valence-corrected chi connectivity index (χ1v) is 16.7. The van der Waals surface area contributed by atoms with Gasteiger partial charge in [0.05, 0.1) is 13.1 Å². The lowest BCUT2D eigenvalue weighted by atomic mass is 9.97. The predicted molar refractivity (Wildman–Crippen MR) is 178 cm³/mol. The summed E-state index contributed by atoms with van der Waals surface area (Å²) in [5, 5.41) is 7.99. The summed E-state index contributed by atoms with van der Waals surface area (Å²) in [6.07, 6.45) is 15.3. The molecule has 1 fully saturated rings. The number of aldehydes is 1. The highest BCUT2D eigenvalue weighted by molar-refractivity contribution is 5.87. The van der Waals surface area contributed by atoms with Crippen LogP contribution in [0.15, 0.2) is 42.5 Å². The summed E-state index contributed by atoms with van der Waals surface area (Å²) >= 11 is 0. The molecule has 3 atom stereocenters. The van der Waals surface area contributed by atoms with E-state index in [0.717, 1.165) is 50.4 Å². The van der Waals surface area contributed by atoms with Gasteiger partial charge in [-0.15, -0.1) is 0 Å². The summed E-state index contributed by atoms with van der Waals surface area (Å²) in [6, 6.07) is 9.73. The van der Waals surface area contributed by atoms with Crippen LogP contribution in [0, 0.1) is 17.8 Å². The van der Waals surface area contributed by atoms with Gasteiger partial charge in [-0.25, -0.2) is 4.79 Å². The third-order valence-corrected chi connectivity index (χ3v) is 7.27. The van der Waals surface area contributed by atoms with Crippen LogP contribution in [0.2, 0.25) is 0 Å². The molecule has 0 saturated heterocycles. The zero-order valence-corrected chi connectivity index (χ0v) is 28.2. The molecule has 1 aromatic carbocycles. The summed E-state index contributed by atoms with van der Waals surface area (Å²) in [4.78, 5) is 57.7. The van der Waals surface area contributed by atoms with Crippen molar-refractivity contribution in [1.29, 1.82) is 0 Å². The van der Waals surface area contributed by atoms with Crippen LogP contribution in [0.1, 0.15) is 111 Å². The molecule has 0 aromatic heterocycles. The van der Waals surface area contributed by atoms with Crippen molar-refractivity contribution in [3.8, 4) is 0 Å². The van der Waals surface area contributed by atoms with Crippen LogP contribution >= 0.6 is 0 Å². The Hall–Kier alpha value is -3.49. The van der Waals surface area contributed by atoms with Gasteiger partial charge in [-0.3, -0.25) is 14.4 Å². The van der Waals surface area contributed by atoms with E-state index in [4.69, 9.17) is 4.74 Å². The van der Waals surface area contributed by atoms with E-state index < -0.39 is 11.7 Å². The number of allylic oxidation sites excluding steroid dienone is 2. The van der Waals surface area contributed by atoms with Crippen LogP contribution in [0.5, 0.6) is 0 Å². The Morgan fingerprint density at radius 2 is 1.60 bits per heavy atom. The summed E-state index contributed by atoms with van der Waals surface area (Å²) in [6.45, 7) is 10.1. The lowest BCUT2D eigenvalue weighted by Crippen LogP contribution is -2.37. The molecule has 9 heteroatoms. The molecule has 9 nitrogen and oxygen atoms in total. The predicted octanol–water partition coefficient (Wildman–Crippen LogP) is 6.45. The van der Waals surface area contributed by atoms with E-state index in [2.05, 4.69) is 41.9 Å². The molecule has 0 unspecified atom stereocenters. The van der Waals surface area contributed by atoms with Gasteiger partial charge in [-0.2, -0.15) is 0 Å². The largest absolute Gasteiger partial charge is 0.444 e. The maximum Gasteiger partial charge on any atom is 0.408 e. The minimum absolute atomic E-state index is 0.00642. The molecule has 2 rings (SSSR count). The van der Waals surface area contributed by atoms with E-state index in [1.807, 2.05) is 30.3 Å². The Morgan fingerprint density at radius 3 is 2.24 bits per heavy atom. The number of alkyl carbamates (subject to hydrolysis) is 1. The number of nitrogens with one attached hydrogen (secondary N) is 3. The molecule has 45 heavy (non-hydrogen) atoms. The van der Waals surface area contributed by atoms with Gasteiger partial charge in [0.15, 0.2) is 5.78 Å².